The van der Waals surface area contributed by atoms with Gasteiger partial charge in [0.2, 0.25) is 0 Å². The van der Waals surface area contributed by atoms with Gasteiger partial charge in [-0.3, -0.25) is 0 Å². The van der Waals surface area contributed by atoms with Crippen LogP contribution in [-0.4, -0.2) is 49.2 Å². The van der Waals surface area contributed by atoms with Crippen LogP contribution in [0.25, 0.3) is 22.6 Å². The first-order valence-corrected chi connectivity index (χ1v) is 15.4. The molecule has 2 aromatic heterocycles. The number of hydrogen-bond acceptors (Lipinski definition) is 6. The van der Waals surface area contributed by atoms with Crippen molar-refractivity contribution in [2.75, 3.05) is 13.1 Å². The predicted molar refractivity (Wildman–Crippen MR) is 173 cm³/mol. The second-order valence-electron chi connectivity index (χ2n) is 12.7. The minimum absolute atomic E-state index is 0.00393. The average molecular weight is 680 g/mol. The van der Waals surface area contributed by atoms with Crippen LogP contribution in [0.5, 0.6) is 11.8 Å². The summed E-state index contributed by atoms with van der Waals surface area (Å²) >= 11 is 2.31. The van der Waals surface area contributed by atoms with E-state index in [1.807, 2.05) is 51.4 Å². The zero-order chi connectivity index (χ0) is 30.1. The molecule has 4 aromatic rings. The summed E-state index contributed by atoms with van der Waals surface area (Å²) in [5.41, 5.74) is 4.14. The van der Waals surface area contributed by atoms with Crippen molar-refractivity contribution in [3.05, 3.63) is 76.3 Å². The zero-order valence-electron chi connectivity index (χ0n) is 25.1. The molecule has 9 heteroatoms. The summed E-state index contributed by atoms with van der Waals surface area (Å²) in [7, 11) is 0. The normalized spacial score (nSPS) is 14.6. The van der Waals surface area contributed by atoms with Gasteiger partial charge in [0.1, 0.15) is 11.4 Å². The lowest BCUT2D eigenvalue weighted by molar-refractivity contribution is 0.0189. The fraction of sp³-hybridized carbons (Fsp3) is 0.394. The van der Waals surface area contributed by atoms with Gasteiger partial charge in [0, 0.05) is 34.5 Å². The molecule has 1 saturated heterocycles. The van der Waals surface area contributed by atoms with Crippen molar-refractivity contribution in [2.45, 2.75) is 71.4 Å². The highest BCUT2D eigenvalue weighted by molar-refractivity contribution is 14.1. The number of aromatic nitrogens is 4. The van der Waals surface area contributed by atoms with Crippen LogP contribution in [-0.2, 0) is 10.2 Å². The van der Waals surface area contributed by atoms with E-state index in [2.05, 4.69) is 83.2 Å². The molecule has 1 aliphatic rings. The van der Waals surface area contributed by atoms with Gasteiger partial charge in [-0.25, -0.2) is 14.8 Å². The van der Waals surface area contributed by atoms with Crippen molar-refractivity contribution in [1.29, 1.82) is 0 Å². The van der Waals surface area contributed by atoms with E-state index >= 15 is 0 Å². The second-order valence-corrected chi connectivity index (χ2v) is 13.9. The van der Waals surface area contributed by atoms with Gasteiger partial charge < -0.3 is 18.9 Å². The second kappa shape index (κ2) is 12.0. The van der Waals surface area contributed by atoms with Crippen molar-refractivity contribution in [3.63, 3.8) is 0 Å². The number of carbonyl (C=O) groups is 1. The average Bonchev–Trinajstić information content (AvgIpc) is 3.38. The third-order valence-electron chi connectivity index (χ3n) is 7.21. The molecule has 2 aromatic carbocycles. The van der Waals surface area contributed by atoms with Crippen molar-refractivity contribution >= 4 is 28.7 Å². The topological polar surface area (TPSA) is 82.4 Å². The smallest absolute Gasteiger partial charge is 0.410 e. The van der Waals surface area contributed by atoms with Gasteiger partial charge in [0.05, 0.1) is 23.4 Å². The molecule has 220 valence electrons. The molecular weight excluding hydrogens is 641 g/mol. The first-order chi connectivity index (χ1) is 19.9. The molecule has 1 fully saturated rings. The van der Waals surface area contributed by atoms with Crippen molar-refractivity contribution in [3.8, 4) is 34.4 Å². The van der Waals surface area contributed by atoms with Crippen molar-refractivity contribution in [1.82, 2.24) is 24.4 Å². The highest BCUT2D eigenvalue weighted by Gasteiger charge is 2.30. The maximum Gasteiger partial charge on any atom is 0.410 e. The lowest BCUT2D eigenvalue weighted by atomic mass is 9.87. The lowest BCUT2D eigenvalue weighted by Crippen LogP contribution is -2.42. The number of rotatable bonds is 5. The van der Waals surface area contributed by atoms with E-state index in [-0.39, 0.29) is 23.6 Å². The number of imidazole rings is 1. The zero-order valence-corrected chi connectivity index (χ0v) is 27.3. The van der Waals surface area contributed by atoms with Gasteiger partial charge in [-0.15, -0.1) is 0 Å². The first kappa shape index (κ1) is 30.0. The Labute approximate surface area is 261 Å². The standard InChI is InChI=1S/C33H38IN5O3/c1-32(2,3)23-8-7-9-26(20-23)41-30-35-17-14-27(37-30)29-28(22-10-12-24(34)13-11-22)36-21-39(29)25-15-18-38(19-16-25)31(40)42-33(4,5)6/h7-14,17,20-21,25H,15-16,18-19H2,1-6H3. The number of piperidine rings is 1. The van der Waals surface area contributed by atoms with E-state index in [4.69, 9.17) is 19.4 Å². The maximum absolute atomic E-state index is 12.7. The summed E-state index contributed by atoms with van der Waals surface area (Å²) in [5.74, 6) is 0.695. The molecule has 0 aliphatic carbocycles. The largest absolute Gasteiger partial charge is 0.444 e. The molecule has 3 heterocycles. The number of halogens is 1. The van der Waals surface area contributed by atoms with Gasteiger partial charge in [-0.05, 0) is 97.5 Å². The van der Waals surface area contributed by atoms with Crippen molar-refractivity contribution in [2.24, 2.45) is 0 Å². The molecular formula is C33H38IN5O3. The molecule has 0 spiro atoms. The van der Waals surface area contributed by atoms with E-state index in [0.717, 1.165) is 39.1 Å². The van der Waals surface area contributed by atoms with E-state index in [1.165, 1.54) is 5.56 Å². The summed E-state index contributed by atoms with van der Waals surface area (Å²) in [6, 6.07) is 18.7. The third-order valence-corrected chi connectivity index (χ3v) is 7.93. The Kier molecular flexibility index (Phi) is 8.59. The van der Waals surface area contributed by atoms with Crippen molar-refractivity contribution < 1.29 is 14.3 Å². The third kappa shape index (κ3) is 7.11. The summed E-state index contributed by atoms with van der Waals surface area (Å²) in [6.07, 6.45) is 4.92. The summed E-state index contributed by atoms with van der Waals surface area (Å²) in [4.78, 5) is 28.6. The van der Waals surface area contributed by atoms with Crippen LogP contribution in [0.4, 0.5) is 4.79 Å². The highest BCUT2D eigenvalue weighted by atomic mass is 127. The molecule has 0 N–H and O–H groups in total. The molecule has 5 rings (SSSR count). The molecule has 0 saturated carbocycles. The monoisotopic (exact) mass is 679 g/mol. The highest BCUT2D eigenvalue weighted by Crippen LogP contribution is 2.36. The van der Waals surface area contributed by atoms with E-state index in [0.29, 0.717) is 18.8 Å². The van der Waals surface area contributed by atoms with Gasteiger partial charge in [-0.2, -0.15) is 4.98 Å². The number of likely N-dealkylation sites (tertiary alicyclic amines) is 1. The van der Waals surface area contributed by atoms with E-state index in [1.54, 1.807) is 11.1 Å². The van der Waals surface area contributed by atoms with Crippen LogP contribution in [0, 0.1) is 3.57 Å². The Morgan fingerprint density at radius 1 is 0.952 bits per heavy atom. The number of carbonyl (C=O) groups excluding carboxylic acids is 1. The van der Waals surface area contributed by atoms with Gasteiger partial charge in [-0.1, -0.05) is 45.0 Å². The number of ether oxygens (including phenoxy) is 2. The molecule has 1 aliphatic heterocycles. The van der Waals surface area contributed by atoms with Gasteiger partial charge >= 0.3 is 12.1 Å². The SMILES string of the molecule is CC(C)(C)OC(=O)N1CCC(n2cnc(-c3ccc(I)cc3)c2-c2ccnc(Oc3cccc(C(C)(C)C)c3)n2)CC1. The van der Waals surface area contributed by atoms with Gasteiger partial charge in [0.15, 0.2) is 0 Å². The fourth-order valence-corrected chi connectivity index (χ4v) is 5.38. The van der Waals surface area contributed by atoms with E-state index in [9.17, 15) is 4.79 Å². The van der Waals surface area contributed by atoms with Crippen LogP contribution in [0.15, 0.2) is 67.1 Å². The minimum Gasteiger partial charge on any atom is -0.444 e. The Morgan fingerprint density at radius 3 is 2.33 bits per heavy atom. The Morgan fingerprint density at radius 2 is 1.67 bits per heavy atom. The summed E-state index contributed by atoms with van der Waals surface area (Å²) in [6.45, 7) is 13.4. The molecule has 0 atom stereocenters. The Hall–Kier alpha value is -3.47. The molecule has 0 unspecified atom stereocenters. The summed E-state index contributed by atoms with van der Waals surface area (Å²) < 4.78 is 15.1. The molecule has 0 bridgehead atoms. The van der Waals surface area contributed by atoms with Gasteiger partial charge in [0.25, 0.3) is 0 Å². The minimum atomic E-state index is -0.519. The first-order valence-electron chi connectivity index (χ1n) is 14.3. The molecule has 1 amide bonds. The molecule has 42 heavy (non-hydrogen) atoms. The van der Waals surface area contributed by atoms with Crippen LogP contribution < -0.4 is 4.74 Å². The van der Waals surface area contributed by atoms with E-state index < -0.39 is 5.60 Å². The van der Waals surface area contributed by atoms with Crippen LogP contribution >= 0.6 is 22.6 Å². The Balaban J connectivity index is 1.46. The fourth-order valence-electron chi connectivity index (χ4n) is 5.02. The maximum atomic E-state index is 12.7. The number of hydrogen-bond donors (Lipinski definition) is 0. The number of nitrogens with zero attached hydrogens (tertiary/aromatic N) is 5. The summed E-state index contributed by atoms with van der Waals surface area (Å²) in [5, 5.41) is 0. The quantitative estimate of drug-likeness (QED) is 0.198. The predicted octanol–water partition coefficient (Wildman–Crippen LogP) is 8.27. The number of amides is 1. The Bertz CT molecular complexity index is 1550. The van der Waals surface area contributed by atoms with Crippen LogP contribution in [0.3, 0.4) is 0 Å². The molecule has 8 nitrogen and oxygen atoms in total. The molecule has 0 radical (unpaired) electrons. The lowest BCUT2D eigenvalue weighted by Gasteiger charge is -2.34. The van der Waals surface area contributed by atoms with Crippen LogP contribution in [0.2, 0.25) is 0 Å². The number of benzene rings is 2. The van der Waals surface area contributed by atoms with Crippen LogP contribution in [0.1, 0.15) is 66.0 Å².